The van der Waals surface area contributed by atoms with Gasteiger partial charge in [0.25, 0.3) is 0 Å². The van der Waals surface area contributed by atoms with Crippen molar-refractivity contribution < 1.29 is 0 Å². The summed E-state index contributed by atoms with van der Waals surface area (Å²) in [7, 11) is 0. The predicted molar refractivity (Wildman–Crippen MR) is 111 cm³/mol. The van der Waals surface area contributed by atoms with Crippen LogP contribution in [-0.2, 0) is 19.5 Å². The maximum absolute atomic E-state index is 8.34. The number of guanidine groups is 1. The fourth-order valence-electron chi connectivity index (χ4n) is 3.30. The topological polar surface area (TPSA) is 54.9 Å². The van der Waals surface area contributed by atoms with Gasteiger partial charge in [-0.1, -0.05) is 35.3 Å². The number of benzene rings is 2. The molecule has 0 amide bonds. The van der Waals surface area contributed by atoms with Gasteiger partial charge in [-0.25, -0.2) is 0 Å². The summed E-state index contributed by atoms with van der Waals surface area (Å²) in [5.74, 6) is 0.442. The molecule has 0 unspecified atom stereocenters. The molecule has 0 aliphatic carbocycles. The highest BCUT2D eigenvalue weighted by Gasteiger charge is 2.22. The SMILES string of the molecule is Cl.N=C(NCc1ccc(Cl)cc1)N1CCc2c([nH]c3ccc(Cl)cc23)C1. The Balaban J connectivity index is 0.00000196. The second kappa shape index (κ2) is 7.78. The number of hydrogen-bond donors (Lipinski definition) is 3. The molecule has 0 bridgehead atoms. The van der Waals surface area contributed by atoms with Gasteiger partial charge in [0, 0.05) is 39.7 Å². The normalized spacial score (nSPS) is 13.2. The molecular formula is C19H19Cl3N4. The van der Waals surface area contributed by atoms with Crippen LogP contribution in [0.5, 0.6) is 0 Å². The van der Waals surface area contributed by atoms with Crippen LogP contribution < -0.4 is 5.32 Å². The van der Waals surface area contributed by atoms with Crippen LogP contribution in [0, 0.1) is 5.41 Å². The van der Waals surface area contributed by atoms with Gasteiger partial charge in [-0.15, -0.1) is 12.4 Å². The highest BCUT2D eigenvalue weighted by Crippen LogP contribution is 2.29. The molecule has 4 nitrogen and oxygen atoms in total. The molecule has 0 saturated carbocycles. The van der Waals surface area contributed by atoms with Crippen LogP contribution in [0.15, 0.2) is 42.5 Å². The number of halogens is 3. The Bertz CT molecular complexity index is 934. The van der Waals surface area contributed by atoms with Gasteiger partial charge in [-0.05, 0) is 47.9 Å². The Kier molecular flexibility index (Phi) is 5.66. The lowest BCUT2D eigenvalue weighted by Crippen LogP contribution is -2.43. The van der Waals surface area contributed by atoms with Crippen molar-refractivity contribution in [2.75, 3.05) is 6.54 Å². The zero-order chi connectivity index (χ0) is 17.4. The number of rotatable bonds is 2. The molecular weight excluding hydrogens is 391 g/mol. The van der Waals surface area contributed by atoms with Crippen LogP contribution in [0.2, 0.25) is 10.0 Å². The maximum Gasteiger partial charge on any atom is 0.191 e. The summed E-state index contributed by atoms with van der Waals surface area (Å²) in [6.07, 6.45) is 0.903. The van der Waals surface area contributed by atoms with E-state index in [4.69, 9.17) is 28.6 Å². The minimum atomic E-state index is 0. The highest BCUT2D eigenvalue weighted by atomic mass is 35.5. The van der Waals surface area contributed by atoms with E-state index in [1.54, 1.807) is 0 Å². The van der Waals surface area contributed by atoms with E-state index in [9.17, 15) is 0 Å². The fourth-order valence-corrected chi connectivity index (χ4v) is 3.60. The van der Waals surface area contributed by atoms with Crippen molar-refractivity contribution in [2.45, 2.75) is 19.5 Å². The van der Waals surface area contributed by atoms with Crippen LogP contribution in [0.4, 0.5) is 0 Å². The molecule has 136 valence electrons. The van der Waals surface area contributed by atoms with Gasteiger partial charge in [0.05, 0.1) is 6.54 Å². The van der Waals surface area contributed by atoms with Crippen LogP contribution in [0.3, 0.4) is 0 Å². The first-order valence-electron chi connectivity index (χ1n) is 8.21. The molecule has 0 radical (unpaired) electrons. The lowest BCUT2D eigenvalue weighted by Gasteiger charge is -2.29. The predicted octanol–water partition coefficient (Wildman–Crippen LogP) is 4.98. The zero-order valence-corrected chi connectivity index (χ0v) is 16.3. The molecule has 3 N–H and O–H groups in total. The lowest BCUT2D eigenvalue weighted by atomic mass is 10.0. The largest absolute Gasteiger partial charge is 0.357 e. The van der Waals surface area contributed by atoms with Crippen LogP contribution in [0.1, 0.15) is 16.8 Å². The Labute approximate surface area is 168 Å². The van der Waals surface area contributed by atoms with E-state index >= 15 is 0 Å². The molecule has 0 fully saturated rings. The first-order valence-corrected chi connectivity index (χ1v) is 8.96. The summed E-state index contributed by atoms with van der Waals surface area (Å²) in [4.78, 5) is 5.52. The number of fused-ring (bicyclic) bond motifs is 3. The second-order valence-electron chi connectivity index (χ2n) is 6.27. The van der Waals surface area contributed by atoms with E-state index in [0.717, 1.165) is 34.1 Å². The summed E-state index contributed by atoms with van der Waals surface area (Å²) in [5.41, 5.74) is 4.70. The van der Waals surface area contributed by atoms with E-state index in [1.165, 1.54) is 16.6 Å². The number of nitrogens with zero attached hydrogens (tertiary/aromatic N) is 1. The lowest BCUT2D eigenvalue weighted by molar-refractivity contribution is 0.373. The number of H-pyrrole nitrogens is 1. The highest BCUT2D eigenvalue weighted by molar-refractivity contribution is 6.31. The van der Waals surface area contributed by atoms with Gasteiger partial charge in [0.15, 0.2) is 5.96 Å². The molecule has 3 aromatic rings. The third kappa shape index (κ3) is 3.78. The van der Waals surface area contributed by atoms with Crippen molar-refractivity contribution in [2.24, 2.45) is 0 Å². The molecule has 7 heteroatoms. The van der Waals surface area contributed by atoms with Crippen molar-refractivity contribution in [3.8, 4) is 0 Å². The van der Waals surface area contributed by atoms with Crippen molar-refractivity contribution in [1.82, 2.24) is 15.2 Å². The van der Waals surface area contributed by atoms with Crippen LogP contribution >= 0.6 is 35.6 Å². The minimum Gasteiger partial charge on any atom is -0.357 e. The summed E-state index contributed by atoms with van der Waals surface area (Å²) in [5, 5.41) is 14.2. The Morgan fingerprint density at radius 3 is 2.62 bits per heavy atom. The molecule has 2 heterocycles. The van der Waals surface area contributed by atoms with E-state index in [0.29, 0.717) is 19.0 Å². The monoisotopic (exact) mass is 408 g/mol. The summed E-state index contributed by atoms with van der Waals surface area (Å²) in [6.45, 7) is 2.13. The standard InChI is InChI=1S/C19H18Cl2N4.ClH/c20-13-3-1-12(2-4-13)10-23-19(22)25-8-7-15-16-9-14(21)5-6-17(16)24-18(15)11-25;/h1-6,9,24H,7-8,10-11H2,(H2,22,23);1H. The van der Waals surface area contributed by atoms with Crippen LogP contribution in [0.25, 0.3) is 10.9 Å². The molecule has 2 aromatic carbocycles. The molecule has 26 heavy (non-hydrogen) atoms. The van der Waals surface area contributed by atoms with Gasteiger partial charge in [0.2, 0.25) is 0 Å². The third-order valence-corrected chi connectivity index (χ3v) is 5.11. The van der Waals surface area contributed by atoms with Gasteiger partial charge in [0.1, 0.15) is 0 Å². The second-order valence-corrected chi connectivity index (χ2v) is 7.15. The van der Waals surface area contributed by atoms with E-state index < -0.39 is 0 Å². The maximum atomic E-state index is 8.34. The number of aromatic amines is 1. The van der Waals surface area contributed by atoms with E-state index in [1.807, 2.05) is 42.5 Å². The first kappa shape index (κ1) is 18.9. The average molecular weight is 410 g/mol. The average Bonchev–Trinajstić information content (AvgIpc) is 2.98. The Morgan fingerprint density at radius 1 is 1.12 bits per heavy atom. The van der Waals surface area contributed by atoms with Crippen molar-refractivity contribution in [3.05, 3.63) is 69.3 Å². The van der Waals surface area contributed by atoms with Crippen molar-refractivity contribution in [1.29, 1.82) is 5.41 Å². The fraction of sp³-hybridized carbons (Fsp3) is 0.211. The quantitative estimate of drug-likeness (QED) is 0.413. The number of hydrogen-bond acceptors (Lipinski definition) is 1. The van der Waals surface area contributed by atoms with Gasteiger partial charge < -0.3 is 15.2 Å². The van der Waals surface area contributed by atoms with Gasteiger partial charge in [-0.3, -0.25) is 5.41 Å². The molecule has 1 aromatic heterocycles. The number of nitrogens with one attached hydrogen (secondary N) is 3. The first-order chi connectivity index (χ1) is 12.1. The van der Waals surface area contributed by atoms with Crippen molar-refractivity contribution in [3.63, 3.8) is 0 Å². The Hall–Kier alpha value is -1.88. The molecule has 0 spiro atoms. The summed E-state index contributed by atoms with van der Waals surface area (Å²) >= 11 is 12.0. The van der Waals surface area contributed by atoms with E-state index in [2.05, 4.69) is 15.2 Å². The third-order valence-electron chi connectivity index (χ3n) is 4.63. The molecule has 1 aliphatic rings. The zero-order valence-electron chi connectivity index (χ0n) is 14.0. The summed E-state index contributed by atoms with van der Waals surface area (Å²) in [6, 6.07) is 13.6. The van der Waals surface area contributed by atoms with Gasteiger partial charge in [-0.2, -0.15) is 0 Å². The van der Waals surface area contributed by atoms with Crippen LogP contribution in [-0.4, -0.2) is 22.4 Å². The molecule has 0 saturated heterocycles. The smallest absolute Gasteiger partial charge is 0.191 e. The van der Waals surface area contributed by atoms with Crippen molar-refractivity contribution >= 4 is 52.5 Å². The molecule has 1 aliphatic heterocycles. The molecule has 0 atom stereocenters. The van der Waals surface area contributed by atoms with Gasteiger partial charge >= 0.3 is 0 Å². The Morgan fingerprint density at radius 2 is 1.85 bits per heavy atom. The number of aromatic nitrogens is 1. The summed E-state index contributed by atoms with van der Waals surface area (Å²) < 4.78 is 0. The van der Waals surface area contributed by atoms with E-state index in [-0.39, 0.29) is 12.4 Å². The minimum absolute atomic E-state index is 0. The molecule has 4 rings (SSSR count).